The molecule has 168 valence electrons. The second kappa shape index (κ2) is 7.36. The molecule has 3 aliphatic rings. The summed E-state index contributed by atoms with van der Waals surface area (Å²) in [4.78, 5) is 26.8. The van der Waals surface area contributed by atoms with Crippen LogP contribution in [0.5, 0.6) is 11.5 Å². The Bertz CT molecular complexity index is 1040. The van der Waals surface area contributed by atoms with Crippen molar-refractivity contribution in [2.24, 2.45) is 5.92 Å². The Hall–Kier alpha value is -2.83. The minimum absolute atomic E-state index is 0.288. The summed E-state index contributed by atoms with van der Waals surface area (Å²) >= 11 is 0. The lowest BCUT2D eigenvalue weighted by Crippen LogP contribution is -2.47. The minimum atomic E-state index is -3.86. The SMILES string of the molecule is CC(C)(C)OC(=O)N1C(=O)[C@@H]2C[C@H]1[C@@H]1[C@H]2N1P(=O)(Oc1ccccc1)Oc1ccccc1. The molecule has 2 aromatic rings. The highest BCUT2D eigenvalue weighted by molar-refractivity contribution is 7.52. The highest BCUT2D eigenvalue weighted by atomic mass is 31.2. The van der Waals surface area contributed by atoms with Crippen molar-refractivity contribution >= 4 is 19.7 Å². The van der Waals surface area contributed by atoms with Crippen LogP contribution >= 0.6 is 7.75 Å². The van der Waals surface area contributed by atoms with Crippen molar-refractivity contribution in [3.05, 3.63) is 60.7 Å². The predicted molar refractivity (Wildman–Crippen MR) is 116 cm³/mol. The van der Waals surface area contributed by atoms with E-state index in [4.69, 9.17) is 13.8 Å². The van der Waals surface area contributed by atoms with Crippen LogP contribution in [0.3, 0.4) is 0 Å². The lowest BCUT2D eigenvalue weighted by Gasteiger charge is -2.28. The maximum atomic E-state index is 14.1. The lowest BCUT2D eigenvalue weighted by molar-refractivity contribution is -0.132. The Morgan fingerprint density at radius 3 is 1.97 bits per heavy atom. The Labute approximate surface area is 186 Å². The van der Waals surface area contributed by atoms with E-state index < -0.39 is 31.4 Å². The Balaban J connectivity index is 1.43. The molecular formula is C23H25N2O6P. The average molecular weight is 456 g/mol. The van der Waals surface area contributed by atoms with Gasteiger partial charge in [0.15, 0.2) is 0 Å². The number of para-hydroxylation sites is 2. The number of amides is 2. The van der Waals surface area contributed by atoms with Crippen LogP contribution in [0.2, 0.25) is 0 Å². The number of imide groups is 1. The molecule has 1 unspecified atom stereocenters. The summed E-state index contributed by atoms with van der Waals surface area (Å²) in [6.45, 7) is 5.27. The van der Waals surface area contributed by atoms with Gasteiger partial charge in [0, 0.05) is 0 Å². The molecule has 2 aliphatic heterocycles. The zero-order valence-electron chi connectivity index (χ0n) is 18.1. The largest absolute Gasteiger partial charge is 0.516 e. The van der Waals surface area contributed by atoms with Crippen LogP contribution in [-0.4, -0.2) is 45.3 Å². The fourth-order valence-electron chi connectivity index (χ4n) is 4.67. The van der Waals surface area contributed by atoms with Gasteiger partial charge in [0.05, 0.1) is 24.0 Å². The van der Waals surface area contributed by atoms with E-state index >= 15 is 0 Å². The van der Waals surface area contributed by atoms with Gasteiger partial charge in [-0.15, -0.1) is 0 Å². The topological polar surface area (TPSA) is 85.2 Å². The first-order chi connectivity index (χ1) is 15.2. The fraction of sp³-hybridized carbons (Fsp3) is 0.391. The van der Waals surface area contributed by atoms with Gasteiger partial charge in [-0.2, -0.15) is 4.67 Å². The third-order valence-electron chi connectivity index (χ3n) is 5.86. The number of carbonyl (C=O) groups is 2. The molecule has 2 aromatic carbocycles. The summed E-state index contributed by atoms with van der Waals surface area (Å²) in [5, 5.41) is 0. The van der Waals surface area contributed by atoms with E-state index in [2.05, 4.69) is 0 Å². The molecule has 32 heavy (non-hydrogen) atoms. The molecule has 2 bridgehead atoms. The molecule has 5 rings (SSSR count). The number of benzene rings is 2. The second-order valence-electron chi connectivity index (χ2n) is 9.24. The number of nitrogens with zero attached hydrogens (tertiary/aromatic N) is 2. The van der Waals surface area contributed by atoms with Crippen LogP contribution in [0, 0.1) is 5.92 Å². The quantitative estimate of drug-likeness (QED) is 0.485. The van der Waals surface area contributed by atoms with Crippen molar-refractivity contribution in [2.75, 3.05) is 0 Å². The number of ether oxygens (including phenoxy) is 1. The Morgan fingerprint density at radius 2 is 1.47 bits per heavy atom. The maximum absolute atomic E-state index is 14.1. The average Bonchev–Trinajstić information content (AvgIpc) is 3.26. The van der Waals surface area contributed by atoms with Crippen LogP contribution < -0.4 is 9.05 Å². The summed E-state index contributed by atoms with van der Waals surface area (Å²) in [5.74, 6) is 0.0716. The van der Waals surface area contributed by atoms with Gasteiger partial charge in [-0.3, -0.25) is 4.79 Å². The molecule has 9 heteroatoms. The molecule has 1 aliphatic carbocycles. The lowest BCUT2D eigenvalue weighted by atomic mass is 10.1. The Kier molecular flexibility index (Phi) is 4.84. The molecule has 5 atom stereocenters. The summed E-state index contributed by atoms with van der Waals surface area (Å²) in [6, 6.07) is 16.6. The third kappa shape index (κ3) is 3.57. The van der Waals surface area contributed by atoms with Crippen molar-refractivity contribution in [3.8, 4) is 11.5 Å². The maximum Gasteiger partial charge on any atom is 0.516 e. The van der Waals surface area contributed by atoms with E-state index in [0.29, 0.717) is 17.9 Å². The standard InChI is InChI=1S/C23H25N2O6P/c1-23(2,3)29-22(27)24-18-14-17(21(24)26)19-20(18)25(19)32(28,30-15-10-6-4-7-11-15)31-16-12-8-5-9-13-16/h4-13,17-20H,14H2,1-3H3/t17-,18+,19+,20-,25?/m1/s1. The zero-order chi connectivity index (χ0) is 22.7. The van der Waals surface area contributed by atoms with E-state index in [-0.39, 0.29) is 18.0 Å². The van der Waals surface area contributed by atoms with Gasteiger partial charge in [0.1, 0.15) is 17.1 Å². The van der Waals surface area contributed by atoms with Crippen molar-refractivity contribution in [3.63, 3.8) is 0 Å². The van der Waals surface area contributed by atoms with Crippen molar-refractivity contribution < 1.29 is 27.9 Å². The molecule has 0 radical (unpaired) electrons. The minimum Gasteiger partial charge on any atom is -0.443 e. The van der Waals surface area contributed by atoms with Gasteiger partial charge in [0.2, 0.25) is 5.91 Å². The highest BCUT2D eigenvalue weighted by Crippen LogP contribution is 2.68. The summed E-state index contributed by atoms with van der Waals surface area (Å²) in [5.41, 5.74) is -0.718. The van der Waals surface area contributed by atoms with Gasteiger partial charge in [0.25, 0.3) is 0 Å². The van der Waals surface area contributed by atoms with Crippen LogP contribution in [0.15, 0.2) is 60.7 Å². The van der Waals surface area contributed by atoms with Crippen LogP contribution in [0.4, 0.5) is 4.79 Å². The molecule has 3 fully saturated rings. The summed E-state index contributed by atoms with van der Waals surface area (Å²) in [6.07, 6.45) is -0.135. The number of piperidine rings is 2. The second-order valence-corrected chi connectivity index (χ2v) is 11.0. The predicted octanol–water partition coefficient (Wildman–Crippen LogP) is 4.47. The molecule has 2 heterocycles. The van der Waals surface area contributed by atoms with Crippen LogP contribution in [-0.2, 0) is 14.1 Å². The molecule has 0 N–H and O–H groups in total. The first-order valence-corrected chi connectivity index (χ1v) is 12.1. The molecule has 0 aromatic heterocycles. The van der Waals surface area contributed by atoms with Crippen molar-refractivity contribution in [1.29, 1.82) is 0 Å². The Morgan fingerprint density at radius 1 is 0.938 bits per heavy atom. The summed E-state index contributed by atoms with van der Waals surface area (Å²) < 4.78 is 33.0. The van der Waals surface area contributed by atoms with E-state index in [0.717, 1.165) is 0 Å². The van der Waals surface area contributed by atoms with Gasteiger partial charge in [-0.25, -0.2) is 14.3 Å². The summed E-state index contributed by atoms with van der Waals surface area (Å²) in [7, 11) is -3.86. The van der Waals surface area contributed by atoms with Crippen molar-refractivity contribution in [2.45, 2.75) is 50.9 Å². The molecule has 0 spiro atoms. The number of fused-ring (bicyclic) bond motifs is 5. The normalized spacial score (nSPS) is 28.3. The van der Waals surface area contributed by atoms with Gasteiger partial charge in [-0.1, -0.05) is 36.4 Å². The fourth-order valence-corrected chi connectivity index (χ4v) is 6.86. The van der Waals surface area contributed by atoms with E-state index in [1.54, 1.807) is 74.0 Å². The first kappa shape index (κ1) is 21.0. The monoisotopic (exact) mass is 456 g/mol. The number of hydrogen-bond acceptors (Lipinski definition) is 6. The molecule has 8 nitrogen and oxygen atoms in total. The first-order valence-electron chi connectivity index (χ1n) is 10.6. The smallest absolute Gasteiger partial charge is 0.443 e. The molecule has 2 saturated heterocycles. The molecule has 2 amide bonds. The third-order valence-corrected chi connectivity index (χ3v) is 7.84. The number of hydrogen-bond donors (Lipinski definition) is 0. The van der Waals surface area contributed by atoms with Gasteiger partial charge in [-0.05, 0) is 51.5 Å². The van der Waals surface area contributed by atoms with E-state index in [9.17, 15) is 14.2 Å². The molecular weight excluding hydrogens is 431 g/mol. The zero-order valence-corrected chi connectivity index (χ0v) is 19.0. The van der Waals surface area contributed by atoms with E-state index in [1.807, 2.05) is 12.1 Å². The van der Waals surface area contributed by atoms with Crippen LogP contribution in [0.1, 0.15) is 27.2 Å². The molecule has 1 saturated carbocycles. The van der Waals surface area contributed by atoms with Gasteiger partial charge < -0.3 is 13.8 Å². The number of rotatable bonds is 5. The number of likely N-dealkylation sites (tertiary alicyclic amines) is 1. The van der Waals surface area contributed by atoms with Crippen molar-refractivity contribution in [1.82, 2.24) is 9.57 Å². The highest BCUT2D eigenvalue weighted by Gasteiger charge is 2.77. The number of carbonyl (C=O) groups excluding carboxylic acids is 2. The van der Waals surface area contributed by atoms with E-state index in [1.165, 1.54) is 4.90 Å². The van der Waals surface area contributed by atoms with Crippen LogP contribution in [0.25, 0.3) is 0 Å². The van der Waals surface area contributed by atoms with Gasteiger partial charge >= 0.3 is 13.8 Å².